The van der Waals surface area contributed by atoms with Crippen LogP contribution >= 0.6 is 0 Å². The van der Waals surface area contributed by atoms with Crippen molar-refractivity contribution in [3.63, 3.8) is 0 Å². The summed E-state index contributed by atoms with van der Waals surface area (Å²) in [4.78, 5) is 11.8. The average Bonchev–Trinajstić information content (AvgIpc) is 2.49. The van der Waals surface area contributed by atoms with Crippen molar-refractivity contribution in [2.24, 2.45) is 0 Å². The number of ether oxygens (including phenoxy) is 3. The van der Waals surface area contributed by atoms with Gasteiger partial charge in [-0.3, -0.25) is 4.79 Å². The molecule has 1 spiro atoms. The summed E-state index contributed by atoms with van der Waals surface area (Å²) in [7, 11) is 0. The van der Waals surface area contributed by atoms with Crippen molar-refractivity contribution >= 4 is 5.97 Å². The molecule has 2 aliphatic carbocycles. The van der Waals surface area contributed by atoms with Crippen molar-refractivity contribution in [1.29, 1.82) is 0 Å². The molecule has 1 aliphatic heterocycles. The van der Waals surface area contributed by atoms with E-state index in [0.29, 0.717) is 13.2 Å². The van der Waals surface area contributed by atoms with Crippen molar-refractivity contribution < 1.29 is 19.0 Å². The summed E-state index contributed by atoms with van der Waals surface area (Å²) in [5.41, 5.74) is 1.58. The van der Waals surface area contributed by atoms with Crippen LogP contribution < -0.4 is 0 Å². The third kappa shape index (κ3) is 1.60. The van der Waals surface area contributed by atoms with Crippen LogP contribution in [0.4, 0.5) is 0 Å². The Morgan fingerprint density at radius 1 is 1.24 bits per heavy atom. The number of hydrogen-bond donors (Lipinski definition) is 0. The van der Waals surface area contributed by atoms with E-state index >= 15 is 0 Å². The Morgan fingerprint density at radius 3 is 2.76 bits per heavy atom. The van der Waals surface area contributed by atoms with E-state index in [4.69, 9.17) is 14.2 Å². The molecule has 0 radical (unpaired) electrons. The first-order valence-electron chi connectivity index (χ1n) is 7.76. The molecular formula is C17H20O4. The normalized spacial score (nSPS) is 32.7. The highest BCUT2D eigenvalue weighted by Crippen LogP contribution is 2.65. The second kappa shape index (κ2) is 4.55. The SMILES string of the molecule is CC(=O)O[C@@]12c3ccccc3[C@H]1CCCC21OCCCO1. The van der Waals surface area contributed by atoms with Gasteiger partial charge in [0.1, 0.15) is 0 Å². The number of rotatable bonds is 1. The molecule has 0 unspecified atom stereocenters. The van der Waals surface area contributed by atoms with Gasteiger partial charge in [0.15, 0.2) is 5.60 Å². The summed E-state index contributed by atoms with van der Waals surface area (Å²) in [5, 5.41) is 0. The summed E-state index contributed by atoms with van der Waals surface area (Å²) in [6.45, 7) is 2.80. The first kappa shape index (κ1) is 13.3. The molecule has 2 atom stereocenters. The summed E-state index contributed by atoms with van der Waals surface area (Å²) >= 11 is 0. The summed E-state index contributed by atoms with van der Waals surface area (Å²) in [6, 6.07) is 8.21. The van der Waals surface area contributed by atoms with Gasteiger partial charge in [0.25, 0.3) is 0 Å². The molecule has 21 heavy (non-hydrogen) atoms. The van der Waals surface area contributed by atoms with E-state index in [9.17, 15) is 4.79 Å². The van der Waals surface area contributed by atoms with Crippen molar-refractivity contribution in [3.05, 3.63) is 35.4 Å². The molecule has 4 heteroatoms. The Labute approximate surface area is 124 Å². The lowest BCUT2D eigenvalue weighted by molar-refractivity contribution is -0.373. The van der Waals surface area contributed by atoms with Gasteiger partial charge in [0, 0.05) is 24.8 Å². The topological polar surface area (TPSA) is 44.8 Å². The van der Waals surface area contributed by atoms with Gasteiger partial charge in [0.05, 0.1) is 13.2 Å². The van der Waals surface area contributed by atoms with Crippen LogP contribution in [0.25, 0.3) is 0 Å². The van der Waals surface area contributed by atoms with Gasteiger partial charge in [0.2, 0.25) is 5.79 Å². The standard InChI is InChI=1S/C17H20O4/c1-12(18)21-17-14-7-3-2-6-13(14)15(17)8-4-9-16(17)19-10-5-11-20-16/h2-3,6-7,15H,4-5,8-11H2,1H3/t15-,17+/m1/s1. The Morgan fingerprint density at radius 2 is 2.00 bits per heavy atom. The Kier molecular flexibility index (Phi) is 2.88. The molecule has 0 N–H and O–H groups in total. The van der Waals surface area contributed by atoms with E-state index in [0.717, 1.165) is 31.2 Å². The predicted octanol–water partition coefficient (Wildman–Crippen LogP) is 2.86. The van der Waals surface area contributed by atoms with Gasteiger partial charge in [-0.1, -0.05) is 24.3 Å². The molecule has 4 nitrogen and oxygen atoms in total. The van der Waals surface area contributed by atoms with Crippen molar-refractivity contribution in [2.75, 3.05) is 13.2 Å². The maximum absolute atomic E-state index is 11.8. The van der Waals surface area contributed by atoms with Crippen LogP contribution in [0.1, 0.15) is 49.7 Å². The summed E-state index contributed by atoms with van der Waals surface area (Å²) in [6.07, 6.45) is 3.72. The Bertz CT molecular complexity index is 570. The molecule has 1 saturated heterocycles. The monoisotopic (exact) mass is 288 g/mol. The quantitative estimate of drug-likeness (QED) is 0.745. The zero-order valence-electron chi connectivity index (χ0n) is 12.3. The molecule has 0 bridgehead atoms. The third-order valence-electron chi connectivity index (χ3n) is 5.06. The zero-order chi connectivity index (χ0) is 14.5. The summed E-state index contributed by atoms with van der Waals surface area (Å²) in [5.74, 6) is -0.883. The predicted molar refractivity (Wildman–Crippen MR) is 75.7 cm³/mol. The number of esters is 1. The van der Waals surface area contributed by atoms with Crippen LogP contribution in [0.5, 0.6) is 0 Å². The maximum atomic E-state index is 11.8. The minimum absolute atomic E-state index is 0.185. The fourth-order valence-electron chi connectivity index (χ4n) is 4.39. The van der Waals surface area contributed by atoms with Crippen LogP contribution in [0.3, 0.4) is 0 Å². The summed E-state index contributed by atoms with van der Waals surface area (Å²) < 4.78 is 18.1. The largest absolute Gasteiger partial charge is 0.448 e. The zero-order valence-corrected chi connectivity index (χ0v) is 12.3. The highest BCUT2D eigenvalue weighted by molar-refractivity contribution is 5.69. The Hall–Kier alpha value is -1.39. The van der Waals surface area contributed by atoms with E-state index in [-0.39, 0.29) is 11.9 Å². The van der Waals surface area contributed by atoms with Gasteiger partial charge in [-0.25, -0.2) is 0 Å². The molecule has 3 aliphatic rings. The molecule has 2 fully saturated rings. The van der Waals surface area contributed by atoms with Gasteiger partial charge in [-0.15, -0.1) is 0 Å². The first-order chi connectivity index (χ1) is 10.2. The second-order valence-corrected chi connectivity index (χ2v) is 6.16. The lowest BCUT2D eigenvalue weighted by atomic mass is 9.54. The van der Waals surface area contributed by atoms with E-state index < -0.39 is 11.4 Å². The van der Waals surface area contributed by atoms with Crippen LogP contribution in [-0.4, -0.2) is 25.0 Å². The minimum Gasteiger partial charge on any atom is -0.448 e. The van der Waals surface area contributed by atoms with Crippen molar-refractivity contribution in [3.8, 4) is 0 Å². The van der Waals surface area contributed by atoms with Crippen LogP contribution in [-0.2, 0) is 24.6 Å². The van der Waals surface area contributed by atoms with Gasteiger partial charge in [-0.05, 0) is 24.8 Å². The highest BCUT2D eigenvalue weighted by Gasteiger charge is 2.70. The van der Waals surface area contributed by atoms with E-state index in [1.165, 1.54) is 12.5 Å². The number of carbonyl (C=O) groups is 1. The minimum atomic E-state index is -0.797. The van der Waals surface area contributed by atoms with Gasteiger partial charge >= 0.3 is 5.97 Å². The fourth-order valence-corrected chi connectivity index (χ4v) is 4.39. The molecular weight excluding hydrogens is 268 g/mol. The molecule has 1 heterocycles. The lowest BCUT2D eigenvalue weighted by Gasteiger charge is -2.62. The molecule has 1 aromatic carbocycles. The van der Waals surface area contributed by atoms with E-state index in [1.54, 1.807) is 0 Å². The Balaban J connectivity index is 1.87. The first-order valence-corrected chi connectivity index (χ1v) is 7.76. The van der Waals surface area contributed by atoms with Gasteiger partial charge in [-0.2, -0.15) is 0 Å². The molecule has 112 valence electrons. The number of fused-ring (bicyclic) bond motifs is 5. The number of hydrogen-bond acceptors (Lipinski definition) is 4. The van der Waals surface area contributed by atoms with Crippen molar-refractivity contribution in [1.82, 2.24) is 0 Å². The smallest absolute Gasteiger partial charge is 0.303 e. The molecule has 0 aromatic heterocycles. The maximum Gasteiger partial charge on any atom is 0.303 e. The molecule has 1 aromatic rings. The van der Waals surface area contributed by atoms with E-state index in [1.807, 2.05) is 18.2 Å². The van der Waals surface area contributed by atoms with Crippen LogP contribution in [0, 0.1) is 0 Å². The number of benzene rings is 1. The highest BCUT2D eigenvalue weighted by atomic mass is 16.7. The molecule has 4 rings (SSSR count). The van der Waals surface area contributed by atoms with E-state index in [2.05, 4.69) is 6.07 Å². The fraction of sp³-hybridized carbons (Fsp3) is 0.588. The second-order valence-electron chi connectivity index (χ2n) is 6.16. The molecule has 0 amide bonds. The van der Waals surface area contributed by atoms with Crippen molar-refractivity contribution in [2.45, 2.75) is 49.9 Å². The van der Waals surface area contributed by atoms with Crippen LogP contribution in [0.2, 0.25) is 0 Å². The lowest BCUT2D eigenvalue weighted by Crippen LogP contribution is -2.68. The molecule has 1 saturated carbocycles. The van der Waals surface area contributed by atoms with Crippen LogP contribution in [0.15, 0.2) is 24.3 Å². The number of carbonyl (C=O) groups excluding carboxylic acids is 1. The van der Waals surface area contributed by atoms with Gasteiger partial charge < -0.3 is 14.2 Å². The third-order valence-corrected chi connectivity index (χ3v) is 5.06. The average molecular weight is 288 g/mol.